The van der Waals surface area contributed by atoms with E-state index >= 15 is 0 Å². The van der Waals surface area contributed by atoms with Crippen LogP contribution in [0.3, 0.4) is 0 Å². The van der Waals surface area contributed by atoms with Crippen molar-refractivity contribution >= 4 is 11.9 Å². The van der Waals surface area contributed by atoms with E-state index in [0.717, 1.165) is 0 Å². The van der Waals surface area contributed by atoms with Gasteiger partial charge < -0.3 is 15.9 Å². The first-order valence-electron chi connectivity index (χ1n) is 4.26. The van der Waals surface area contributed by atoms with E-state index in [2.05, 4.69) is 0 Å². The molecule has 0 fully saturated rings. The minimum absolute atomic E-state index is 0.701. The van der Waals surface area contributed by atoms with Gasteiger partial charge in [0, 0.05) is 0 Å². The molecule has 0 bridgehead atoms. The zero-order valence-electron chi connectivity index (χ0n) is 8.87. The molecule has 0 aliphatic rings. The fourth-order valence-electron chi connectivity index (χ4n) is 1.65. The Hall–Kier alpha value is -1.10. The second-order valence-electron chi connectivity index (χ2n) is 4.73. The summed E-state index contributed by atoms with van der Waals surface area (Å²) in [6.07, 6.45) is 0. The smallest absolute Gasteiger partial charge is 0.324 e. The summed E-state index contributed by atoms with van der Waals surface area (Å²) >= 11 is 0. The largest absolute Gasteiger partial charge is 0.481 e. The van der Waals surface area contributed by atoms with Crippen LogP contribution in [0.15, 0.2) is 0 Å². The molecule has 0 aliphatic heterocycles. The second-order valence-corrected chi connectivity index (χ2v) is 4.73. The third-order valence-corrected chi connectivity index (χ3v) is 2.17. The van der Waals surface area contributed by atoms with Crippen LogP contribution in [0.4, 0.5) is 0 Å². The van der Waals surface area contributed by atoms with Crippen LogP contribution in [0.5, 0.6) is 0 Å². The molecule has 0 rings (SSSR count). The highest BCUT2D eigenvalue weighted by Gasteiger charge is 2.48. The number of hydrogen-bond donors (Lipinski definition) is 3. The molecule has 14 heavy (non-hydrogen) atoms. The highest BCUT2D eigenvalue weighted by Crippen LogP contribution is 2.33. The summed E-state index contributed by atoms with van der Waals surface area (Å²) in [6.45, 7) is 6.18. The standard InChI is InChI=1S/C9H17NO4/c1-8(2,3)5(6(11)12)9(4,10)7(13)14/h5H,10H2,1-4H3,(H,11,12)(H,13,14)/t5?,9-/m0/s1. The Morgan fingerprint density at radius 2 is 1.50 bits per heavy atom. The first-order chi connectivity index (χ1) is 6.01. The van der Waals surface area contributed by atoms with Crippen molar-refractivity contribution in [2.75, 3.05) is 0 Å². The van der Waals surface area contributed by atoms with Gasteiger partial charge in [0.1, 0.15) is 5.54 Å². The van der Waals surface area contributed by atoms with Crippen molar-refractivity contribution in [3.8, 4) is 0 Å². The Kier molecular flexibility index (Phi) is 3.29. The van der Waals surface area contributed by atoms with Gasteiger partial charge in [-0.15, -0.1) is 0 Å². The van der Waals surface area contributed by atoms with Gasteiger partial charge in [-0.05, 0) is 12.3 Å². The molecule has 2 atom stereocenters. The molecule has 0 aromatic heterocycles. The molecule has 82 valence electrons. The molecule has 0 aromatic rings. The fourth-order valence-corrected chi connectivity index (χ4v) is 1.65. The predicted octanol–water partition coefficient (Wildman–Crippen LogP) is 0.535. The Balaban J connectivity index is 5.24. The van der Waals surface area contributed by atoms with E-state index in [0.29, 0.717) is 0 Å². The minimum Gasteiger partial charge on any atom is -0.481 e. The molecule has 0 amide bonds. The molecular weight excluding hydrogens is 186 g/mol. The Bertz CT molecular complexity index is 252. The van der Waals surface area contributed by atoms with E-state index in [1.807, 2.05) is 0 Å². The topological polar surface area (TPSA) is 101 Å². The number of aliphatic carboxylic acids is 2. The molecule has 4 N–H and O–H groups in total. The Morgan fingerprint density at radius 3 is 1.57 bits per heavy atom. The van der Waals surface area contributed by atoms with E-state index in [9.17, 15) is 9.59 Å². The van der Waals surface area contributed by atoms with Gasteiger partial charge in [-0.1, -0.05) is 20.8 Å². The summed E-state index contributed by atoms with van der Waals surface area (Å²) in [5.74, 6) is -3.63. The molecule has 0 aliphatic carbocycles. The molecule has 5 heteroatoms. The van der Waals surface area contributed by atoms with E-state index in [4.69, 9.17) is 15.9 Å². The third-order valence-electron chi connectivity index (χ3n) is 2.17. The summed E-state index contributed by atoms with van der Waals surface area (Å²) in [6, 6.07) is 0. The highest BCUT2D eigenvalue weighted by molar-refractivity contribution is 5.86. The van der Waals surface area contributed by atoms with Gasteiger partial charge in [0.25, 0.3) is 0 Å². The number of carboxylic acids is 2. The van der Waals surface area contributed by atoms with Gasteiger partial charge in [0.2, 0.25) is 0 Å². The van der Waals surface area contributed by atoms with E-state index in [-0.39, 0.29) is 0 Å². The first-order valence-corrected chi connectivity index (χ1v) is 4.26. The molecule has 0 aromatic carbocycles. The first kappa shape index (κ1) is 12.9. The second kappa shape index (κ2) is 3.57. The number of rotatable bonds is 3. The lowest BCUT2D eigenvalue weighted by atomic mass is 9.70. The third kappa shape index (κ3) is 2.45. The predicted molar refractivity (Wildman–Crippen MR) is 50.8 cm³/mol. The van der Waals surface area contributed by atoms with Crippen molar-refractivity contribution in [2.45, 2.75) is 33.2 Å². The number of nitrogens with two attached hydrogens (primary N) is 1. The van der Waals surface area contributed by atoms with Crippen molar-refractivity contribution in [3.05, 3.63) is 0 Å². The molecule has 0 saturated carbocycles. The van der Waals surface area contributed by atoms with Crippen molar-refractivity contribution < 1.29 is 19.8 Å². The summed E-state index contributed by atoms with van der Waals surface area (Å²) in [5, 5.41) is 17.8. The zero-order chi connectivity index (χ0) is 11.7. The molecule has 0 saturated heterocycles. The monoisotopic (exact) mass is 203 g/mol. The van der Waals surface area contributed by atoms with Crippen LogP contribution in [0, 0.1) is 11.3 Å². The van der Waals surface area contributed by atoms with Crippen LogP contribution < -0.4 is 5.73 Å². The Morgan fingerprint density at radius 1 is 1.14 bits per heavy atom. The van der Waals surface area contributed by atoms with Crippen LogP contribution in [-0.4, -0.2) is 27.7 Å². The average Bonchev–Trinajstić information content (AvgIpc) is 1.79. The zero-order valence-corrected chi connectivity index (χ0v) is 8.87. The molecule has 5 nitrogen and oxygen atoms in total. The van der Waals surface area contributed by atoms with Gasteiger partial charge >= 0.3 is 11.9 Å². The summed E-state index contributed by atoms with van der Waals surface area (Å²) < 4.78 is 0. The van der Waals surface area contributed by atoms with E-state index in [1.165, 1.54) is 6.92 Å². The van der Waals surface area contributed by atoms with Gasteiger partial charge in [-0.2, -0.15) is 0 Å². The minimum atomic E-state index is -1.76. The summed E-state index contributed by atoms with van der Waals surface area (Å²) in [4.78, 5) is 21.8. The van der Waals surface area contributed by atoms with Crippen LogP contribution in [0.25, 0.3) is 0 Å². The Labute approximate surface area is 82.9 Å². The fraction of sp³-hybridized carbons (Fsp3) is 0.778. The maximum absolute atomic E-state index is 11.0. The summed E-state index contributed by atoms with van der Waals surface area (Å²) in [7, 11) is 0. The number of carboxylic acid groups (broad SMARTS) is 2. The van der Waals surface area contributed by atoms with Crippen molar-refractivity contribution in [1.82, 2.24) is 0 Å². The van der Waals surface area contributed by atoms with Gasteiger partial charge in [0.15, 0.2) is 0 Å². The van der Waals surface area contributed by atoms with E-state index in [1.54, 1.807) is 20.8 Å². The molecule has 1 unspecified atom stereocenters. The lowest BCUT2D eigenvalue weighted by Crippen LogP contribution is -2.58. The van der Waals surface area contributed by atoms with Crippen molar-refractivity contribution in [2.24, 2.45) is 17.1 Å². The number of hydrogen-bond acceptors (Lipinski definition) is 3. The lowest BCUT2D eigenvalue weighted by Gasteiger charge is -2.36. The van der Waals surface area contributed by atoms with Gasteiger partial charge in [0.05, 0.1) is 5.92 Å². The lowest BCUT2D eigenvalue weighted by molar-refractivity contribution is -0.159. The maximum Gasteiger partial charge on any atom is 0.324 e. The molecular formula is C9H17NO4. The molecule has 0 heterocycles. The van der Waals surface area contributed by atoms with Crippen molar-refractivity contribution in [1.29, 1.82) is 0 Å². The molecule has 0 spiro atoms. The van der Waals surface area contributed by atoms with E-state index < -0.39 is 28.8 Å². The highest BCUT2D eigenvalue weighted by atomic mass is 16.4. The van der Waals surface area contributed by atoms with Crippen molar-refractivity contribution in [3.63, 3.8) is 0 Å². The summed E-state index contributed by atoms with van der Waals surface area (Å²) in [5.41, 5.74) is 3.05. The van der Waals surface area contributed by atoms with Gasteiger partial charge in [-0.25, -0.2) is 0 Å². The molecule has 0 radical (unpaired) electrons. The number of carbonyl (C=O) groups is 2. The average molecular weight is 203 g/mol. The SMILES string of the molecule is CC(C)(C)C(C(=O)O)[C@](C)(N)C(=O)O. The quantitative estimate of drug-likeness (QED) is 0.621. The van der Waals surface area contributed by atoms with Crippen LogP contribution in [-0.2, 0) is 9.59 Å². The van der Waals surface area contributed by atoms with Crippen LogP contribution >= 0.6 is 0 Å². The van der Waals surface area contributed by atoms with Crippen LogP contribution in [0.2, 0.25) is 0 Å². The van der Waals surface area contributed by atoms with Crippen LogP contribution in [0.1, 0.15) is 27.7 Å². The normalized spacial score (nSPS) is 18.4. The maximum atomic E-state index is 11.0. The van der Waals surface area contributed by atoms with Gasteiger partial charge in [-0.3, -0.25) is 9.59 Å².